The fraction of sp³-hybridized carbons (Fsp3) is 0.625. The Hall–Kier alpha value is -1.67. The second-order valence-corrected chi connectivity index (χ2v) is 8.26. The van der Waals surface area contributed by atoms with E-state index in [0.29, 0.717) is 0 Å². The van der Waals surface area contributed by atoms with E-state index in [-0.39, 0.29) is 22.7 Å². The molecule has 8 heteroatoms. The molecule has 0 radical (unpaired) electrons. The minimum absolute atomic E-state index is 0.0141. The maximum atomic E-state index is 13.2. The van der Waals surface area contributed by atoms with Crippen molar-refractivity contribution in [1.29, 1.82) is 0 Å². The molecule has 0 spiro atoms. The van der Waals surface area contributed by atoms with Crippen molar-refractivity contribution in [2.75, 3.05) is 7.11 Å². The topological polar surface area (TPSA) is 89.8 Å². The van der Waals surface area contributed by atoms with Crippen molar-refractivity contribution in [3.05, 3.63) is 28.3 Å². The maximum absolute atomic E-state index is 13.2. The molecule has 1 aromatic carbocycles. The highest BCUT2D eigenvalue weighted by Gasteiger charge is 2.44. The Labute approximate surface area is 141 Å². The number of nitro groups is 1. The summed E-state index contributed by atoms with van der Waals surface area (Å²) in [5.41, 5.74) is -0.421. The summed E-state index contributed by atoms with van der Waals surface area (Å²) in [6.45, 7) is 0. The molecule has 1 aromatic rings. The fourth-order valence-corrected chi connectivity index (χ4v) is 5.53. The summed E-state index contributed by atoms with van der Waals surface area (Å²) >= 11 is 0. The van der Waals surface area contributed by atoms with Crippen LogP contribution in [0.15, 0.2) is 23.1 Å². The minimum atomic E-state index is -3.90. The largest absolute Gasteiger partial charge is 0.497 e. The Morgan fingerprint density at radius 2 is 1.75 bits per heavy atom. The summed E-state index contributed by atoms with van der Waals surface area (Å²) in [7, 11) is -2.51. The molecule has 0 N–H and O–H groups in total. The zero-order chi connectivity index (χ0) is 17.3. The average Bonchev–Trinajstić information content (AvgIpc) is 3.39. The summed E-state index contributed by atoms with van der Waals surface area (Å²) < 4.78 is 33.0. The van der Waals surface area contributed by atoms with E-state index in [0.717, 1.165) is 44.9 Å². The van der Waals surface area contributed by atoms with Gasteiger partial charge in [0.2, 0.25) is 10.0 Å². The van der Waals surface area contributed by atoms with Gasteiger partial charge < -0.3 is 4.74 Å². The Balaban J connectivity index is 2.03. The predicted octanol–water partition coefficient (Wildman–Crippen LogP) is 3.09. The van der Waals surface area contributed by atoms with E-state index in [1.807, 2.05) is 0 Å². The van der Waals surface area contributed by atoms with E-state index in [9.17, 15) is 18.5 Å². The first-order valence-corrected chi connectivity index (χ1v) is 9.75. The summed E-state index contributed by atoms with van der Waals surface area (Å²) in [5, 5.41) is 11.4. The van der Waals surface area contributed by atoms with Crippen LogP contribution in [0.1, 0.15) is 44.9 Å². The highest BCUT2D eigenvalue weighted by Crippen LogP contribution is 2.40. The summed E-state index contributed by atoms with van der Waals surface area (Å²) in [4.78, 5) is 10.5. The van der Waals surface area contributed by atoms with Crippen LogP contribution in [0.4, 0.5) is 5.69 Å². The van der Waals surface area contributed by atoms with Crippen LogP contribution in [-0.4, -0.2) is 36.8 Å². The lowest BCUT2D eigenvalue weighted by molar-refractivity contribution is -0.387. The van der Waals surface area contributed by atoms with Crippen molar-refractivity contribution < 1.29 is 18.1 Å². The standard InChI is InChI=1S/C16H22N2O5S/c1-23-14-9-10-16(15(11-14)18(19)20)24(21,22)17(13-7-8-13)12-5-3-2-4-6-12/h9-13H,2-8H2,1H3. The van der Waals surface area contributed by atoms with Gasteiger partial charge in [0.05, 0.1) is 18.1 Å². The van der Waals surface area contributed by atoms with E-state index < -0.39 is 20.6 Å². The first-order valence-electron chi connectivity index (χ1n) is 8.31. The third-order valence-corrected chi connectivity index (χ3v) is 6.81. The number of nitro benzene ring substituents is 1. The molecule has 0 heterocycles. The van der Waals surface area contributed by atoms with E-state index in [1.54, 1.807) is 4.31 Å². The van der Waals surface area contributed by atoms with Crippen LogP contribution in [0.5, 0.6) is 5.75 Å². The number of benzene rings is 1. The molecule has 0 amide bonds. The van der Waals surface area contributed by atoms with Crippen LogP contribution in [0.2, 0.25) is 0 Å². The number of hydrogen-bond acceptors (Lipinski definition) is 5. The number of sulfonamides is 1. The second-order valence-electron chi connectivity index (χ2n) is 6.45. The molecule has 132 valence electrons. The zero-order valence-electron chi connectivity index (χ0n) is 13.7. The van der Waals surface area contributed by atoms with Crippen molar-refractivity contribution in [2.45, 2.75) is 61.9 Å². The van der Waals surface area contributed by atoms with Gasteiger partial charge in [-0.05, 0) is 37.8 Å². The van der Waals surface area contributed by atoms with Crippen LogP contribution in [0.3, 0.4) is 0 Å². The summed E-state index contributed by atoms with van der Waals surface area (Å²) in [6, 6.07) is 3.88. The third kappa shape index (κ3) is 3.25. The molecule has 24 heavy (non-hydrogen) atoms. The lowest BCUT2D eigenvalue weighted by atomic mass is 9.95. The Morgan fingerprint density at radius 1 is 1.12 bits per heavy atom. The number of nitrogens with zero attached hydrogens (tertiary/aromatic N) is 2. The van der Waals surface area contributed by atoms with E-state index >= 15 is 0 Å². The first kappa shape index (κ1) is 17.2. The van der Waals surface area contributed by atoms with Crippen molar-refractivity contribution >= 4 is 15.7 Å². The van der Waals surface area contributed by atoms with Gasteiger partial charge in [0.1, 0.15) is 5.75 Å². The van der Waals surface area contributed by atoms with Gasteiger partial charge in [-0.3, -0.25) is 10.1 Å². The molecule has 0 bridgehead atoms. The van der Waals surface area contributed by atoms with Crippen molar-refractivity contribution in [1.82, 2.24) is 4.31 Å². The van der Waals surface area contributed by atoms with Crippen LogP contribution in [-0.2, 0) is 10.0 Å². The predicted molar refractivity (Wildman–Crippen MR) is 88.6 cm³/mol. The van der Waals surface area contributed by atoms with Crippen LogP contribution in [0.25, 0.3) is 0 Å². The average molecular weight is 354 g/mol. The SMILES string of the molecule is COc1ccc(S(=O)(=O)N(C2CCCCC2)C2CC2)c([N+](=O)[O-])c1. The van der Waals surface area contributed by atoms with E-state index in [4.69, 9.17) is 4.74 Å². The van der Waals surface area contributed by atoms with Gasteiger partial charge in [0.25, 0.3) is 5.69 Å². The van der Waals surface area contributed by atoms with Gasteiger partial charge in [-0.1, -0.05) is 19.3 Å². The van der Waals surface area contributed by atoms with Crippen molar-refractivity contribution in [3.8, 4) is 5.75 Å². The highest BCUT2D eigenvalue weighted by molar-refractivity contribution is 7.89. The number of rotatable bonds is 6. The second kappa shape index (κ2) is 6.68. The first-order chi connectivity index (χ1) is 11.4. The molecule has 0 aromatic heterocycles. The molecule has 2 fully saturated rings. The van der Waals surface area contributed by atoms with Crippen molar-refractivity contribution in [2.24, 2.45) is 0 Å². The zero-order valence-corrected chi connectivity index (χ0v) is 14.5. The molecular formula is C16H22N2O5S. The lowest BCUT2D eigenvalue weighted by Crippen LogP contribution is -2.43. The third-order valence-electron chi connectivity index (χ3n) is 4.76. The van der Waals surface area contributed by atoms with Gasteiger partial charge in [-0.2, -0.15) is 4.31 Å². The number of methoxy groups -OCH3 is 1. The molecule has 3 rings (SSSR count). The van der Waals surface area contributed by atoms with Crippen LogP contribution in [0, 0.1) is 10.1 Å². The molecule has 2 aliphatic rings. The maximum Gasteiger partial charge on any atom is 0.293 e. The molecule has 2 saturated carbocycles. The molecular weight excluding hydrogens is 332 g/mol. The normalized spacial score (nSPS) is 19.4. The fourth-order valence-electron chi connectivity index (χ4n) is 3.45. The smallest absolute Gasteiger partial charge is 0.293 e. The number of hydrogen-bond donors (Lipinski definition) is 0. The highest BCUT2D eigenvalue weighted by atomic mass is 32.2. The molecule has 0 aliphatic heterocycles. The molecule has 0 atom stereocenters. The van der Waals surface area contributed by atoms with E-state index in [2.05, 4.69) is 0 Å². The summed E-state index contributed by atoms with van der Waals surface area (Å²) in [5.74, 6) is 0.274. The molecule has 7 nitrogen and oxygen atoms in total. The van der Waals surface area contributed by atoms with Gasteiger partial charge in [0.15, 0.2) is 4.90 Å². The van der Waals surface area contributed by atoms with Crippen LogP contribution >= 0.6 is 0 Å². The van der Waals surface area contributed by atoms with Crippen LogP contribution < -0.4 is 4.74 Å². The Kier molecular flexibility index (Phi) is 4.78. The quantitative estimate of drug-likeness (QED) is 0.578. The number of ether oxygens (including phenoxy) is 1. The van der Waals surface area contributed by atoms with Gasteiger partial charge in [0, 0.05) is 12.1 Å². The van der Waals surface area contributed by atoms with Gasteiger partial charge >= 0.3 is 0 Å². The monoisotopic (exact) mass is 354 g/mol. The Morgan fingerprint density at radius 3 is 2.29 bits per heavy atom. The molecule has 0 saturated heterocycles. The van der Waals surface area contributed by atoms with Gasteiger partial charge in [-0.25, -0.2) is 8.42 Å². The molecule has 0 unspecified atom stereocenters. The summed E-state index contributed by atoms with van der Waals surface area (Å²) in [6.07, 6.45) is 6.47. The minimum Gasteiger partial charge on any atom is -0.497 e. The van der Waals surface area contributed by atoms with Crippen molar-refractivity contribution in [3.63, 3.8) is 0 Å². The Bertz CT molecular complexity index is 724. The van der Waals surface area contributed by atoms with E-state index in [1.165, 1.54) is 25.3 Å². The lowest BCUT2D eigenvalue weighted by Gasteiger charge is -2.33. The van der Waals surface area contributed by atoms with Gasteiger partial charge in [-0.15, -0.1) is 0 Å². The molecule has 2 aliphatic carbocycles.